The van der Waals surface area contributed by atoms with Gasteiger partial charge in [-0.15, -0.1) is 0 Å². The Morgan fingerprint density at radius 1 is 1.28 bits per heavy atom. The van der Waals surface area contributed by atoms with Gasteiger partial charge in [0, 0.05) is 20.1 Å². The lowest BCUT2D eigenvalue weighted by Crippen LogP contribution is -2.67. The van der Waals surface area contributed by atoms with Crippen LogP contribution in [0.4, 0.5) is 10.5 Å². The number of amides is 4. The van der Waals surface area contributed by atoms with E-state index in [0.29, 0.717) is 31.1 Å². The van der Waals surface area contributed by atoms with Gasteiger partial charge in [0.1, 0.15) is 11.8 Å². The number of likely N-dealkylation sites (N-methyl/N-ethyl adjacent to an activating group) is 1. The summed E-state index contributed by atoms with van der Waals surface area (Å²) in [6.45, 7) is 3.42. The van der Waals surface area contributed by atoms with Crippen LogP contribution in [0.15, 0.2) is 24.3 Å². The van der Waals surface area contributed by atoms with E-state index in [9.17, 15) is 14.4 Å². The maximum absolute atomic E-state index is 12.6. The first kappa shape index (κ1) is 17.1. The van der Waals surface area contributed by atoms with Crippen molar-refractivity contribution in [3.05, 3.63) is 24.3 Å². The second kappa shape index (κ2) is 7.00. The van der Waals surface area contributed by atoms with Crippen molar-refractivity contribution in [2.75, 3.05) is 45.2 Å². The average molecular weight is 346 g/mol. The van der Waals surface area contributed by atoms with Gasteiger partial charge < -0.3 is 24.8 Å². The van der Waals surface area contributed by atoms with Gasteiger partial charge in [-0.05, 0) is 19.1 Å². The summed E-state index contributed by atoms with van der Waals surface area (Å²) in [6, 6.07) is 6.29. The Morgan fingerprint density at radius 3 is 2.80 bits per heavy atom. The number of nitrogens with one attached hydrogen (secondary N) is 1. The van der Waals surface area contributed by atoms with E-state index in [2.05, 4.69) is 5.32 Å². The largest absolute Gasteiger partial charge is 0.492 e. The molecule has 0 spiro atoms. The number of urea groups is 1. The molecule has 134 valence electrons. The number of ether oxygens (including phenoxy) is 1. The zero-order valence-corrected chi connectivity index (χ0v) is 14.4. The highest BCUT2D eigenvalue weighted by molar-refractivity contribution is 5.96. The third-order valence-electron chi connectivity index (χ3n) is 4.45. The zero-order valence-electron chi connectivity index (χ0n) is 14.4. The molecule has 8 heteroatoms. The summed E-state index contributed by atoms with van der Waals surface area (Å²) in [4.78, 5) is 41.5. The number of nitrogens with zero attached hydrogens (tertiary/aromatic N) is 3. The second-order valence-corrected chi connectivity index (χ2v) is 6.10. The van der Waals surface area contributed by atoms with Gasteiger partial charge in [-0.25, -0.2) is 4.79 Å². The van der Waals surface area contributed by atoms with E-state index < -0.39 is 6.04 Å². The van der Waals surface area contributed by atoms with Gasteiger partial charge in [0.05, 0.1) is 25.4 Å². The quantitative estimate of drug-likeness (QED) is 0.869. The number of hydrogen-bond acceptors (Lipinski definition) is 4. The summed E-state index contributed by atoms with van der Waals surface area (Å²) >= 11 is 0. The van der Waals surface area contributed by atoms with E-state index in [0.717, 1.165) is 0 Å². The molecular formula is C17H22N4O4. The summed E-state index contributed by atoms with van der Waals surface area (Å²) < 4.78 is 5.51. The molecule has 4 amide bonds. The van der Waals surface area contributed by atoms with Gasteiger partial charge in [-0.3, -0.25) is 9.59 Å². The van der Waals surface area contributed by atoms with Crippen molar-refractivity contribution >= 4 is 23.5 Å². The molecule has 2 aliphatic rings. The summed E-state index contributed by atoms with van der Waals surface area (Å²) in [6.07, 6.45) is 0. The molecule has 0 radical (unpaired) electrons. The van der Waals surface area contributed by atoms with Gasteiger partial charge in [-0.1, -0.05) is 12.1 Å². The molecule has 1 aromatic rings. The second-order valence-electron chi connectivity index (χ2n) is 6.10. The normalized spacial score (nSPS) is 20.4. The molecule has 2 aliphatic heterocycles. The highest BCUT2D eigenvalue weighted by Gasteiger charge is 2.42. The predicted molar refractivity (Wildman–Crippen MR) is 91.3 cm³/mol. The fourth-order valence-corrected chi connectivity index (χ4v) is 3.15. The zero-order chi connectivity index (χ0) is 18.0. The van der Waals surface area contributed by atoms with E-state index in [4.69, 9.17) is 4.74 Å². The number of piperazine rings is 2. The molecule has 0 bridgehead atoms. The highest BCUT2D eigenvalue weighted by atomic mass is 16.5. The smallest absolute Gasteiger partial charge is 0.322 e. The molecule has 1 atom stereocenters. The van der Waals surface area contributed by atoms with Crippen molar-refractivity contribution in [1.29, 1.82) is 0 Å². The maximum atomic E-state index is 12.6. The van der Waals surface area contributed by atoms with E-state index in [1.807, 2.05) is 19.1 Å². The van der Waals surface area contributed by atoms with Gasteiger partial charge in [0.2, 0.25) is 11.8 Å². The standard InChI is InChI=1S/C17H22N4O4/c1-3-25-14-7-5-4-6-12(14)18-17(24)20-8-9-21-13(10-20)16(23)19(2)11-15(21)22/h4-7,13H,3,8-11H2,1-2H3,(H,18,24)/t13-/m0/s1. The number of fused-ring (bicyclic) bond motifs is 1. The molecule has 25 heavy (non-hydrogen) atoms. The first-order valence-corrected chi connectivity index (χ1v) is 8.33. The molecule has 3 rings (SSSR count). The lowest BCUT2D eigenvalue weighted by Gasteiger charge is -2.45. The molecule has 0 aromatic heterocycles. The molecule has 8 nitrogen and oxygen atoms in total. The van der Waals surface area contributed by atoms with Crippen LogP contribution in [0.1, 0.15) is 6.92 Å². The predicted octanol–water partition coefficient (Wildman–Crippen LogP) is 0.602. The van der Waals surface area contributed by atoms with Crippen molar-refractivity contribution in [2.45, 2.75) is 13.0 Å². The summed E-state index contributed by atoms with van der Waals surface area (Å²) in [5, 5.41) is 2.83. The van der Waals surface area contributed by atoms with Gasteiger partial charge in [-0.2, -0.15) is 0 Å². The molecule has 2 saturated heterocycles. The molecule has 1 N–H and O–H groups in total. The molecular weight excluding hydrogens is 324 g/mol. The molecule has 0 unspecified atom stereocenters. The molecule has 2 heterocycles. The van der Waals surface area contributed by atoms with E-state index in [1.165, 1.54) is 4.90 Å². The topological polar surface area (TPSA) is 82.2 Å². The molecule has 0 saturated carbocycles. The summed E-state index contributed by atoms with van der Waals surface area (Å²) in [5.41, 5.74) is 0.583. The Bertz CT molecular complexity index is 693. The summed E-state index contributed by atoms with van der Waals surface area (Å²) in [5.74, 6) is 0.390. The number of rotatable bonds is 3. The fourth-order valence-electron chi connectivity index (χ4n) is 3.15. The Morgan fingerprint density at radius 2 is 2.04 bits per heavy atom. The van der Waals surface area contributed by atoms with E-state index in [-0.39, 0.29) is 30.9 Å². The van der Waals surface area contributed by atoms with Crippen LogP contribution in [0, 0.1) is 0 Å². The fraction of sp³-hybridized carbons (Fsp3) is 0.471. The van der Waals surface area contributed by atoms with Crippen LogP contribution in [0.25, 0.3) is 0 Å². The number of hydrogen-bond donors (Lipinski definition) is 1. The van der Waals surface area contributed by atoms with Crippen LogP contribution < -0.4 is 10.1 Å². The maximum Gasteiger partial charge on any atom is 0.322 e. The number of benzene rings is 1. The lowest BCUT2D eigenvalue weighted by atomic mass is 10.1. The third-order valence-corrected chi connectivity index (χ3v) is 4.45. The third kappa shape index (κ3) is 3.38. The average Bonchev–Trinajstić information content (AvgIpc) is 2.61. The summed E-state index contributed by atoms with van der Waals surface area (Å²) in [7, 11) is 1.61. The Balaban J connectivity index is 1.70. The first-order chi connectivity index (χ1) is 12.0. The Kier molecular flexibility index (Phi) is 4.78. The van der Waals surface area contributed by atoms with Crippen LogP contribution in [0.3, 0.4) is 0 Å². The van der Waals surface area contributed by atoms with Crippen molar-refractivity contribution in [3.8, 4) is 5.75 Å². The van der Waals surface area contributed by atoms with Crippen LogP contribution in [0.2, 0.25) is 0 Å². The highest BCUT2D eigenvalue weighted by Crippen LogP contribution is 2.25. The minimum Gasteiger partial charge on any atom is -0.492 e. The van der Waals surface area contributed by atoms with Crippen molar-refractivity contribution < 1.29 is 19.1 Å². The van der Waals surface area contributed by atoms with Crippen LogP contribution >= 0.6 is 0 Å². The van der Waals surface area contributed by atoms with Crippen molar-refractivity contribution in [3.63, 3.8) is 0 Å². The van der Waals surface area contributed by atoms with E-state index in [1.54, 1.807) is 29.0 Å². The number of carbonyl (C=O) groups is 3. The van der Waals surface area contributed by atoms with E-state index >= 15 is 0 Å². The molecule has 1 aromatic carbocycles. The van der Waals surface area contributed by atoms with Crippen LogP contribution in [-0.4, -0.2) is 78.4 Å². The van der Waals surface area contributed by atoms with Gasteiger partial charge in [0.25, 0.3) is 0 Å². The van der Waals surface area contributed by atoms with Crippen molar-refractivity contribution in [2.24, 2.45) is 0 Å². The lowest BCUT2D eigenvalue weighted by molar-refractivity contribution is -0.157. The monoisotopic (exact) mass is 346 g/mol. The van der Waals surface area contributed by atoms with Gasteiger partial charge in [0.15, 0.2) is 0 Å². The SMILES string of the molecule is CCOc1ccccc1NC(=O)N1CCN2C(=O)CN(C)C(=O)[C@@H]2C1. The minimum absolute atomic E-state index is 0.0751. The van der Waals surface area contributed by atoms with Crippen LogP contribution in [-0.2, 0) is 9.59 Å². The number of anilines is 1. The molecule has 2 fully saturated rings. The number of carbonyl (C=O) groups excluding carboxylic acids is 3. The number of para-hydroxylation sites is 2. The van der Waals surface area contributed by atoms with Crippen molar-refractivity contribution in [1.82, 2.24) is 14.7 Å². The van der Waals surface area contributed by atoms with Crippen LogP contribution in [0.5, 0.6) is 5.75 Å². The first-order valence-electron chi connectivity index (χ1n) is 8.33. The Hall–Kier alpha value is -2.77. The minimum atomic E-state index is -0.604. The molecule has 0 aliphatic carbocycles. The Labute approximate surface area is 146 Å². The van der Waals surface area contributed by atoms with Gasteiger partial charge >= 0.3 is 6.03 Å².